The summed E-state index contributed by atoms with van der Waals surface area (Å²) in [6.07, 6.45) is 5.37. The van der Waals surface area contributed by atoms with Crippen LogP contribution in [-0.4, -0.2) is 13.4 Å². The van der Waals surface area contributed by atoms with Gasteiger partial charge in [-0.3, -0.25) is 0 Å². The SMILES string of the molecule is Cc1cc2c3c(c1)N(c1ccc(C(C)(C)C)cc1-c1cccc(CC(C)(C)c4ccc5c(c4)B4c6cc(C(C)(C)C)ccc6N(c6cc7c(cc6C)C(C)(C)CCC7(C)C)c6cc(C(C)(C)C)cc(c64)N5c4ccc(C(C)(C)C)cc4-c4ccccc4)c1)c1cc4c(cc1B3c1cc(C(C)(C)C)ccc1N2c1cc(-c2ccccc2)ccc1C)C(C)(C)CCC4(C)C. The maximum Gasteiger partial charge on any atom is 0.252 e. The van der Waals surface area contributed by atoms with Gasteiger partial charge in [-0.05, 0) is 325 Å². The number of hydrogen-bond acceptors (Lipinski definition) is 4. The normalized spacial score (nSPS) is 16.4. The number of aryl methyl sites for hydroxylation is 3. The van der Waals surface area contributed by atoms with Gasteiger partial charge >= 0.3 is 0 Å². The van der Waals surface area contributed by atoms with Crippen LogP contribution in [0.5, 0.6) is 0 Å². The van der Waals surface area contributed by atoms with Crippen LogP contribution in [0.25, 0.3) is 33.4 Å². The van der Waals surface area contributed by atoms with Crippen LogP contribution in [-0.2, 0) is 60.6 Å². The Balaban J connectivity index is 0.812. The molecule has 6 heteroatoms. The summed E-state index contributed by atoms with van der Waals surface area (Å²) in [5.41, 5.74) is 48.3. The van der Waals surface area contributed by atoms with E-state index in [4.69, 9.17) is 0 Å². The zero-order valence-electron chi connectivity index (χ0n) is 81.6. The van der Waals surface area contributed by atoms with Crippen LogP contribution >= 0.6 is 0 Å². The first-order valence-electron chi connectivity index (χ1n) is 47.5. The molecule has 0 saturated heterocycles. The van der Waals surface area contributed by atoms with Gasteiger partial charge in [-0.15, -0.1) is 0 Å². The average Bonchev–Trinajstić information content (AvgIpc) is 0.689. The lowest BCUT2D eigenvalue weighted by molar-refractivity contribution is 0.332. The number of anilines is 12. The molecular weight excluding hydrogens is 1530 g/mol. The van der Waals surface area contributed by atoms with Crippen molar-refractivity contribution in [3.05, 3.63) is 321 Å². The molecule has 0 N–H and O–H groups in total. The molecule has 0 radical (unpaired) electrons. The quantitative estimate of drug-likeness (QED) is 0.127. The zero-order chi connectivity index (χ0) is 90.2. The van der Waals surface area contributed by atoms with Gasteiger partial charge in [-0.1, -0.05) is 331 Å². The standard InChI is InChI=1S/C121H134B2N4/c1-74-58-106-110-107(59-74)126(103-62-80(43-42-75(103)2)78-37-31-29-32-38-78)101-51-46-85(115(13,14)15)66-95(101)123(110)97-70-91-93(120(25,26)57-55-118(91,21)22)72-105(97)125(106)99-50-45-83(113(7,8)9)64-89(99)81-41-35-36-77(61-81)73-121(27,28)86-48-53-100-96(67-86)122-94-65-84(114(10,11)12)47-52-102(94)127(104-71-92-90(60-76(104)3)117(19,20)54-56-119(92,23)24)109-69-87(116(16,17)18)68-108(111(109)122)124(100)98-49-44-82(112(4,5)6)63-88(98)79-39-33-30-34-40-79/h29-53,58-72H,54-57,73H2,1-28H3. The monoisotopic (exact) mass is 1670 g/mol. The van der Waals surface area contributed by atoms with Crippen molar-refractivity contribution in [2.24, 2.45) is 0 Å². The van der Waals surface area contributed by atoms with E-state index in [0.717, 1.165) is 25.7 Å². The first-order chi connectivity index (χ1) is 59.6. The highest BCUT2D eigenvalue weighted by Crippen LogP contribution is 2.57. The van der Waals surface area contributed by atoms with Crippen molar-refractivity contribution in [2.45, 2.75) is 280 Å². The maximum absolute atomic E-state index is 2.76. The van der Waals surface area contributed by atoms with Gasteiger partial charge in [0.25, 0.3) is 13.4 Å². The van der Waals surface area contributed by atoms with Gasteiger partial charge in [-0.25, -0.2) is 0 Å². The summed E-state index contributed by atoms with van der Waals surface area (Å²) in [7, 11) is 0. The van der Waals surface area contributed by atoms with Gasteiger partial charge in [0.15, 0.2) is 0 Å². The van der Waals surface area contributed by atoms with Gasteiger partial charge in [0.2, 0.25) is 0 Å². The van der Waals surface area contributed by atoms with Crippen molar-refractivity contribution in [3.63, 3.8) is 0 Å². The lowest BCUT2D eigenvalue weighted by atomic mass is 9.33. The Labute approximate surface area is 762 Å². The zero-order valence-corrected chi connectivity index (χ0v) is 81.6. The van der Waals surface area contributed by atoms with E-state index in [1.54, 1.807) is 0 Å². The van der Waals surface area contributed by atoms with Crippen LogP contribution in [0.2, 0.25) is 0 Å². The molecule has 13 aromatic rings. The number of fused-ring (bicyclic) bond motifs is 10. The first-order valence-corrected chi connectivity index (χ1v) is 47.5. The van der Waals surface area contributed by atoms with E-state index in [1.807, 2.05) is 0 Å². The van der Waals surface area contributed by atoms with Crippen LogP contribution < -0.4 is 52.4 Å². The van der Waals surface area contributed by atoms with Gasteiger partial charge in [0.05, 0.1) is 11.4 Å². The second kappa shape index (κ2) is 29.4. The van der Waals surface area contributed by atoms with Gasteiger partial charge in [0, 0.05) is 68.0 Å². The van der Waals surface area contributed by atoms with Crippen molar-refractivity contribution >= 4 is 114 Å². The molecule has 0 spiro atoms. The van der Waals surface area contributed by atoms with Crippen LogP contribution in [0, 0.1) is 20.8 Å². The predicted octanol–water partition coefficient (Wildman–Crippen LogP) is 29.5. The maximum atomic E-state index is 2.76. The van der Waals surface area contributed by atoms with Crippen molar-refractivity contribution in [1.82, 2.24) is 0 Å². The Bertz CT molecular complexity index is 6660. The Morgan fingerprint density at radius 1 is 0.252 bits per heavy atom. The lowest BCUT2D eigenvalue weighted by Gasteiger charge is -2.48. The van der Waals surface area contributed by atoms with Crippen molar-refractivity contribution in [1.29, 1.82) is 0 Å². The van der Waals surface area contributed by atoms with Gasteiger partial charge in [0.1, 0.15) is 0 Å². The Morgan fingerprint density at radius 3 is 1.07 bits per heavy atom. The first kappa shape index (κ1) is 85.6. The highest BCUT2D eigenvalue weighted by molar-refractivity contribution is 7.01. The molecule has 13 aromatic carbocycles. The number of hydrogen-bond donors (Lipinski definition) is 0. The second-order valence-electron chi connectivity index (χ2n) is 47.6. The Kier molecular flexibility index (Phi) is 19.8. The molecule has 6 aliphatic rings. The minimum Gasteiger partial charge on any atom is -0.311 e. The third-order valence-electron chi connectivity index (χ3n) is 30.8. The second-order valence-corrected chi connectivity index (χ2v) is 47.6. The summed E-state index contributed by atoms with van der Waals surface area (Å²) in [6, 6.07) is 97.8. The van der Waals surface area contributed by atoms with Crippen molar-refractivity contribution in [2.75, 3.05) is 19.6 Å². The van der Waals surface area contributed by atoms with Gasteiger partial charge < -0.3 is 19.6 Å². The minimum absolute atomic E-state index is 0.000502. The predicted molar refractivity (Wildman–Crippen MR) is 552 cm³/mol. The molecule has 4 nitrogen and oxygen atoms in total. The van der Waals surface area contributed by atoms with E-state index in [-0.39, 0.29) is 67.6 Å². The van der Waals surface area contributed by atoms with E-state index < -0.39 is 0 Å². The summed E-state index contributed by atoms with van der Waals surface area (Å²) >= 11 is 0. The molecule has 0 atom stereocenters. The van der Waals surface area contributed by atoms with E-state index in [1.165, 1.54) is 219 Å². The summed E-state index contributed by atoms with van der Waals surface area (Å²) < 4.78 is 0. The molecule has 0 saturated carbocycles. The summed E-state index contributed by atoms with van der Waals surface area (Å²) in [4.78, 5) is 10.9. The van der Waals surface area contributed by atoms with Gasteiger partial charge in [-0.2, -0.15) is 0 Å². The fourth-order valence-corrected chi connectivity index (χ4v) is 22.6. The highest BCUT2D eigenvalue weighted by atomic mass is 15.2. The van der Waals surface area contributed by atoms with Crippen LogP contribution in [0.4, 0.5) is 68.2 Å². The fourth-order valence-electron chi connectivity index (χ4n) is 22.6. The number of rotatable bonds is 10. The van der Waals surface area contributed by atoms with E-state index in [0.29, 0.717) is 0 Å². The van der Waals surface area contributed by atoms with Crippen LogP contribution in [0.3, 0.4) is 0 Å². The third-order valence-corrected chi connectivity index (χ3v) is 30.8. The lowest BCUT2D eigenvalue weighted by Crippen LogP contribution is -2.62. The average molecular weight is 1670 g/mol. The fraction of sp³-hybridized carbons (Fsp3) is 0.355. The smallest absolute Gasteiger partial charge is 0.252 e. The molecule has 4 heterocycles. The highest BCUT2D eigenvalue weighted by Gasteiger charge is 2.51. The van der Waals surface area contributed by atoms with Crippen molar-refractivity contribution < 1.29 is 0 Å². The summed E-state index contributed by atoms with van der Waals surface area (Å²) in [5, 5.41) is 0. The Morgan fingerprint density at radius 2 is 0.606 bits per heavy atom. The topological polar surface area (TPSA) is 13.0 Å². The molecule has 127 heavy (non-hydrogen) atoms. The summed E-state index contributed by atoms with van der Waals surface area (Å²) in [6.45, 7) is 67.7. The van der Waals surface area contributed by atoms with E-state index in [2.05, 4.69) is 456 Å². The molecule has 644 valence electrons. The molecule has 4 aliphatic heterocycles. The molecule has 2 aliphatic carbocycles. The molecule has 0 bridgehead atoms. The Hall–Kier alpha value is -10.8. The van der Waals surface area contributed by atoms with Crippen molar-refractivity contribution in [3.8, 4) is 33.4 Å². The third kappa shape index (κ3) is 14.4. The van der Waals surface area contributed by atoms with E-state index >= 15 is 0 Å². The molecule has 0 aromatic heterocycles. The molecular formula is C121H134B2N4. The van der Waals surface area contributed by atoms with E-state index in [9.17, 15) is 0 Å². The molecule has 19 rings (SSSR count). The minimum atomic E-state index is -0.357. The molecule has 0 fully saturated rings. The van der Waals surface area contributed by atoms with Crippen LogP contribution in [0.15, 0.2) is 243 Å². The molecule has 0 unspecified atom stereocenters. The summed E-state index contributed by atoms with van der Waals surface area (Å²) in [5.74, 6) is 0. The van der Waals surface area contributed by atoms with Crippen LogP contribution in [0.1, 0.15) is 277 Å². The largest absolute Gasteiger partial charge is 0.311 e. The molecule has 0 amide bonds. The number of nitrogens with zero attached hydrogens (tertiary/aromatic N) is 4. The number of benzene rings is 13.